The van der Waals surface area contributed by atoms with E-state index in [2.05, 4.69) is 4.72 Å². The zero-order valence-electron chi connectivity index (χ0n) is 9.61. The Kier molecular flexibility index (Phi) is 3.56. The monoisotopic (exact) mass is 247 g/mol. The standard InChI is InChI=1S/C11H21NO3S/c13-11(7-3-1-2-4-8-11)9-12-16(14,15)10-5-6-10/h10,12-13H,1-9H2. The van der Waals surface area contributed by atoms with E-state index < -0.39 is 15.6 Å². The van der Waals surface area contributed by atoms with Gasteiger partial charge in [0.1, 0.15) is 0 Å². The molecule has 2 N–H and O–H groups in total. The Bertz CT molecular complexity index is 327. The Labute approximate surface area is 97.5 Å². The largest absolute Gasteiger partial charge is 0.389 e. The van der Waals surface area contributed by atoms with E-state index in [9.17, 15) is 13.5 Å². The van der Waals surface area contributed by atoms with Crippen LogP contribution in [-0.4, -0.2) is 30.9 Å². The zero-order valence-corrected chi connectivity index (χ0v) is 10.4. The van der Waals surface area contributed by atoms with E-state index in [-0.39, 0.29) is 11.8 Å². The van der Waals surface area contributed by atoms with Crippen LogP contribution in [0.1, 0.15) is 51.4 Å². The molecule has 0 aromatic rings. The first-order valence-corrected chi connectivity index (χ1v) is 7.77. The minimum atomic E-state index is -3.15. The molecule has 0 aromatic carbocycles. The summed E-state index contributed by atoms with van der Waals surface area (Å²) in [6, 6.07) is 0. The number of nitrogens with one attached hydrogen (secondary N) is 1. The number of hydrogen-bond donors (Lipinski definition) is 2. The minimum Gasteiger partial charge on any atom is -0.389 e. The Balaban J connectivity index is 1.87. The van der Waals surface area contributed by atoms with E-state index in [0.29, 0.717) is 0 Å². The van der Waals surface area contributed by atoms with Gasteiger partial charge in [-0.2, -0.15) is 0 Å². The van der Waals surface area contributed by atoms with Crippen LogP contribution >= 0.6 is 0 Å². The van der Waals surface area contributed by atoms with Gasteiger partial charge in [-0.3, -0.25) is 0 Å². The van der Waals surface area contributed by atoms with E-state index in [0.717, 1.165) is 51.4 Å². The van der Waals surface area contributed by atoms with Crippen molar-refractivity contribution in [3.8, 4) is 0 Å². The summed E-state index contributed by atoms with van der Waals surface area (Å²) in [5.41, 5.74) is -0.807. The Morgan fingerprint density at radius 3 is 2.19 bits per heavy atom. The van der Waals surface area contributed by atoms with Crippen molar-refractivity contribution in [2.24, 2.45) is 0 Å². The van der Waals surface area contributed by atoms with Crippen LogP contribution in [-0.2, 0) is 10.0 Å². The van der Waals surface area contributed by atoms with Crippen LogP contribution in [0.4, 0.5) is 0 Å². The average molecular weight is 247 g/mol. The van der Waals surface area contributed by atoms with Gasteiger partial charge in [0.25, 0.3) is 0 Å². The fraction of sp³-hybridized carbons (Fsp3) is 1.00. The fourth-order valence-corrected chi connectivity index (χ4v) is 3.76. The molecule has 0 aliphatic heterocycles. The summed E-state index contributed by atoms with van der Waals surface area (Å²) < 4.78 is 25.9. The maximum absolute atomic E-state index is 11.6. The number of rotatable bonds is 4. The molecule has 0 saturated heterocycles. The molecule has 2 rings (SSSR count). The Hall–Kier alpha value is -0.130. The summed E-state index contributed by atoms with van der Waals surface area (Å²) >= 11 is 0. The van der Waals surface area contributed by atoms with Crippen LogP contribution in [0.3, 0.4) is 0 Å². The van der Waals surface area contributed by atoms with Gasteiger partial charge in [0.05, 0.1) is 10.9 Å². The Morgan fingerprint density at radius 1 is 1.12 bits per heavy atom. The van der Waals surface area contributed by atoms with Crippen LogP contribution < -0.4 is 4.72 Å². The number of aliphatic hydroxyl groups is 1. The van der Waals surface area contributed by atoms with Crippen molar-refractivity contribution in [2.45, 2.75) is 62.2 Å². The molecule has 2 saturated carbocycles. The van der Waals surface area contributed by atoms with Gasteiger partial charge in [0, 0.05) is 6.54 Å². The lowest BCUT2D eigenvalue weighted by Crippen LogP contribution is -2.43. The van der Waals surface area contributed by atoms with Gasteiger partial charge in [0.15, 0.2) is 0 Å². The third-order valence-corrected chi connectivity index (χ3v) is 5.50. The third-order valence-electron chi connectivity index (χ3n) is 3.60. The lowest BCUT2D eigenvalue weighted by molar-refractivity contribution is 0.0303. The smallest absolute Gasteiger partial charge is 0.214 e. The molecule has 2 aliphatic rings. The summed E-state index contributed by atoms with van der Waals surface area (Å²) in [7, 11) is -3.15. The second-order valence-corrected chi connectivity index (χ2v) is 7.25. The maximum atomic E-state index is 11.6. The minimum absolute atomic E-state index is 0.193. The predicted octanol–water partition coefficient (Wildman–Crippen LogP) is 1.15. The van der Waals surface area contributed by atoms with E-state index in [4.69, 9.17) is 0 Å². The quantitative estimate of drug-likeness (QED) is 0.732. The van der Waals surface area contributed by atoms with Gasteiger partial charge >= 0.3 is 0 Å². The molecule has 16 heavy (non-hydrogen) atoms. The SMILES string of the molecule is O=S(=O)(NCC1(O)CCCCCC1)C1CC1. The highest BCUT2D eigenvalue weighted by Crippen LogP contribution is 2.29. The van der Waals surface area contributed by atoms with Crippen molar-refractivity contribution in [1.29, 1.82) is 0 Å². The molecule has 0 heterocycles. The maximum Gasteiger partial charge on any atom is 0.214 e. The number of hydrogen-bond acceptors (Lipinski definition) is 3. The Morgan fingerprint density at radius 2 is 1.69 bits per heavy atom. The van der Waals surface area contributed by atoms with E-state index in [1.165, 1.54) is 0 Å². The molecule has 2 fully saturated rings. The van der Waals surface area contributed by atoms with Gasteiger partial charge in [-0.05, 0) is 25.7 Å². The van der Waals surface area contributed by atoms with Crippen LogP contribution in [0, 0.1) is 0 Å². The number of sulfonamides is 1. The van der Waals surface area contributed by atoms with E-state index >= 15 is 0 Å². The molecule has 0 amide bonds. The molecular weight excluding hydrogens is 226 g/mol. The van der Waals surface area contributed by atoms with Crippen molar-refractivity contribution >= 4 is 10.0 Å². The zero-order chi connectivity index (χ0) is 11.6. The molecule has 0 unspecified atom stereocenters. The topological polar surface area (TPSA) is 66.4 Å². The van der Waals surface area contributed by atoms with Gasteiger partial charge in [0.2, 0.25) is 10.0 Å². The van der Waals surface area contributed by atoms with Crippen LogP contribution in [0.15, 0.2) is 0 Å². The van der Waals surface area contributed by atoms with Crippen LogP contribution in [0.25, 0.3) is 0 Å². The van der Waals surface area contributed by atoms with Crippen molar-refractivity contribution < 1.29 is 13.5 Å². The van der Waals surface area contributed by atoms with Crippen molar-refractivity contribution in [1.82, 2.24) is 4.72 Å². The molecule has 0 radical (unpaired) electrons. The second kappa shape index (κ2) is 4.63. The summed E-state index contributed by atoms with van der Waals surface area (Å²) in [4.78, 5) is 0. The predicted molar refractivity (Wildman–Crippen MR) is 62.6 cm³/mol. The normalized spacial score (nSPS) is 26.3. The molecular formula is C11H21NO3S. The molecule has 0 spiro atoms. The van der Waals surface area contributed by atoms with Crippen LogP contribution in [0.5, 0.6) is 0 Å². The molecule has 2 aliphatic carbocycles. The lowest BCUT2D eigenvalue weighted by atomic mass is 9.95. The molecule has 0 atom stereocenters. The highest BCUT2D eigenvalue weighted by molar-refractivity contribution is 7.90. The fourth-order valence-electron chi connectivity index (χ4n) is 2.29. The first kappa shape index (κ1) is 12.3. The highest BCUT2D eigenvalue weighted by atomic mass is 32.2. The molecule has 4 nitrogen and oxygen atoms in total. The van der Waals surface area contributed by atoms with Crippen molar-refractivity contribution in [3.05, 3.63) is 0 Å². The third kappa shape index (κ3) is 3.18. The first-order chi connectivity index (χ1) is 7.52. The van der Waals surface area contributed by atoms with Gasteiger partial charge in [-0.25, -0.2) is 13.1 Å². The molecule has 5 heteroatoms. The molecule has 0 aromatic heterocycles. The highest BCUT2D eigenvalue weighted by Gasteiger charge is 2.37. The van der Waals surface area contributed by atoms with Crippen molar-refractivity contribution in [3.63, 3.8) is 0 Å². The van der Waals surface area contributed by atoms with E-state index in [1.54, 1.807) is 0 Å². The van der Waals surface area contributed by atoms with Gasteiger partial charge in [-0.15, -0.1) is 0 Å². The van der Waals surface area contributed by atoms with Gasteiger partial charge in [-0.1, -0.05) is 25.7 Å². The molecule has 0 bridgehead atoms. The summed E-state index contributed by atoms with van der Waals surface area (Å²) in [6.45, 7) is 0.200. The lowest BCUT2D eigenvalue weighted by Gasteiger charge is -2.26. The van der Waals surface area contributed by atoms with Gasteiger partial charge < -0.3 is 5.11 Å². The molecule has 94 valence electrons. The average Bonchev–Trinajstić information content (AvgIpc) is 3.02. The summed E-state index contributed by atoms with van der Waals surface area (Å²) in [6.07, 6.45) is 7.29. The van der Waals surface area contributed by atoms with E-state index in [1.807, 2.05) is 0 Å². The van der Waals surface area contributed by atoms with Crippen molar-refractivity contribution in [2.75, 3.05) is 6.54 Å². The first-order valence-electron chi connectivity index (χ1n) is 6.23. The summed E-state index contributed by atoms with van der Waals surface area (Å²) in [5.74, 6) is 0. The second-order valence-electron chi connectivity index (χ2n) is 5.20. The van der Waals surface area contributed by atoms with Crippen LogP contribution in [0.2, 0.25) is 0 Å². The summed E-state index contributed by atoms with van der Waals surface area (Å²) in [5, 5.41) is 10.1.